The van der Waals surface area contributed by atoms with Gasteiger partial charge in [-0.3, -0.25) is 4.79 Å². The molecule has 3 unspecified atom stereocenters. The van der Waals surface area contributed by atoms with Crippen molar-refractivity contribution in [2.75, 3.05) is 20.6 Å². The Bertz CT molecular complexity index is 400. The number of rotatable bonds is 4. The number of fused-ring (bicyclic) bond motifs is 1. The fourth-order valence-corrected chi connectivity index (χ4v) is 4.21. The van der Waals surface area contributed by atoms with Gasteiger partial charge in [0.25, 0.3) is 0 Å². The molecule has 0 aromatic carbocycles. The quantitative estimate of drug-likeness (QED) is 0.802. The van der Waals surface area contributed by atoms with Gasteiger partial charge in [-0.25, -0.2) is 0 Å². The predicted molar refractivity (Wildman–Crippen MR) is 81.6 cm³/mol. The van der Waals surface area contributed by atoms with Crippen molar-refractivity contribution in [1.29, 1.82) is 0 Å². The molecule has 0 bridgehead atoms. The summed E-state index contributed by atoms with van der Waals surface area (Å²) in [5, 5.41) is 9.60. The first-order valence-corrected chi connectivity index (χ1v) is 7.96. The summed E-state index contributed by atoms with van der Waals surface area (Å²) < 4.78 is 0. The van der Waals surface area contributed by atoms with Gasteiger partial charge >= 0.3 is 5.97 Å². The molecular formula is C17H29NO2. The van der Waals surface area contributed by atoms with Crippen LogP contribution >= 0.6 is 0 Å². The van der Waals surface area contributed by atoms with Crippen molar-refractivity contribution in [2.45, 2.75) is 46.0 Å². The second-order valence-electron chi connectivity index (χ2n) is 7.17. The van der Waals surface area contributed by atoms with Gasteiger partial charge in [-0.1, -0.05) is 18.1 Å². The Labute approximate surface area is 123 Å². The highest BCUT2D eigenvalue weighted by atomic mass is 16.4. The smallest absolute Gasteiger partial charge is 0.308 e. The van der Waals surface area contributed by atoms with E-state index in [4.69, 9.17) is 0 Å². The van der Waals surface area contributed by atoms with Gasteiger partial charge in [0.2, 0.25) is 0 Å². The van der Waals surface area contributed by atoms with Gasteiger partial charge in [-0.2, -0.15) is 0 Å². The van der Waals surface area contributed by atoms with E-state index < -0.39 is 5.97 Å². The van der Waals surface area contributed by atoms with E-state index in [0.717, 1.165) is 25.2 Å². The second-order valence-corrected chi connectivity index (χ2v) is 7.17. The number of allylic oxidation sites excluding steroid dienone is 2. The average Bonchev–Trinajstić information content (AvgIpc) is 2.63. The molecule has 2 aliphatic carbocycles. The van der Waals surface area contributed by atoms with Crippen LogP contribution in [0.3, 0.4) is 0 Å². The van der Waals surface area contributed by atoms with E-state index in [1.165, 1.54) is 12.8 Å². The molecule has 2 aliphatic rings. The molecule has 0 aliphatic heterocycles. The molecule has 1 N–H and O–H groups in total. The molecule has 1 fully saturated rings. The summed E-state index contributed by atoms with van der Waals surface area (Å²) >= 11 is 0. The van der Waals surface area contributed by atoms with Crippen molar-refractivity contribution in [3.8, 4) is 0 Å². The molecule has 2 rings (SSSR count). The van der Waals surface area contributed by atoms with Crippen LogP contribution in [0.5, 0.6) is 0 Å². The lowest BCUT2D eigenvalue weighted by atomic mass is 9.79. The van der Waals surface area contributed by atoms with Crippen LogP contribution in [-0.2, 0) is 4.79 Å². The molecule has 0 saturated heterocycles. The van der Waals surface area contributed by atoms with E-state index in [9.17, 15) is 9.90 Å². The third-order valence-electron chi connectivity index (χ3n) is 5.45. The minimum Gasteiger partial charge on any atom is -0.481 e. The SMILES string of the molecule is CC1=C2CCC(C)C2CC([C@H](CN(C)C)C(=O)O)CC1. The van der Waals surface area contributed by atoms with Crippen LogP contribution in [-0.4, -0.2) is 36.6 Å². The first kappa shape index (κ1) is 15.6. The van der Waals surface area contributed by atoms with Crippen LogP contribution in [0.4, 0.5) is 0 Å². The van der Waals surface area contributed by atoms with Crippen molar-refractivity contribution >= 4 is 5.97 Å². The van der Waals surface area contributed by atoms with E-state index in [1.807, 2.05) is 19.0 Å². The van der Waals surface area contributed by atoms with Crippen LogP contribution in [0, 0.1) is 23.7 Å². The molecule has 0 spiro atoms. The molecule has 4 atom stereocenters. The Hall–Kier alpha value is -0.830. The maximum atomic E-state index is 11.7. The topological polar surface area (TPSA) is 40.5 Å². The van der Waals surface area contributed by atoms with Crippen LogP contribution in [0.1, 0.15) is 46.0 Å². The molecule has 0 heterocycles. The van der Waals surface area contributed by atoms with Crippen LogP contribution in [0.25, 0.3) is 0 Å². The highest BCUT2D eigenvalue weighted by Crippen LogP contribution is 2.46. The van der Waals surface area contributed by atoms with Gasteiger partial charge in [-0.15, -0.1) is 0 Å². The molecular weight excluding hydrogens is 250 g/mol. The van der Waals surface area contributed by atoms with Crippen molar-refractivity contribution in [3.05, 3.63) is 11.1 Å². The van der Waals surface area contributed by atoms with Gasteiger partial charge in [0, 0.05) is 6.54 Å². The highest BCUT2D eigenvalue weighted by molar-refractivity contribution is 5.70. The van der Waals surface area contributed by atoms with Crippen molar-refractivity contribution < 1.29 is 9.90 Å². The Morgan fingerprint density at radius 1 is 1.35 bits per heavy atom. The first-order chi connectivity index (χ1) is 9.40. The Balaban J connectivity index is 2.16. The number of carbonyl (C=O) groups is 1. The van der Waals surface area contributed by atoms with Gasteiger partial charge < -0.3 is 10.0 Å². The molecule has 0 aromatic rings. The van der Waals surface area contributed by atoms with Crippen LogP contribution in [0.2, 0.25) is 0 Å². The Kier molecular flexibility index (Phi) is 4.90. The standard InChI is InChI=1S/C17H29NO2/c1-11-5-7-13(16(17(19)20)10-18(3)4)9-15-12(2)6-8-14(11)15/h12-13,15-16H,5-10H2,1-4H3,(H,19,20)/t12?,13?,15?,16-/m0/s1. The van der Waals surface area contributed by atoms with Crippen molar-refractivity contribution in [1.82, 2.24) is 4.90 Å². The second kappa shape index (κ2) is 6.30. The molecule has 0 amide bonds. The molecule has 0 radical (unpaired) electrons. The number of nitrogens with zero attached hydrogens (tertiary/aromatic N) is 1. The zero-order valence-corrected chi connectivity index (χ0v) is 13.4. The van der Waals surface area contributed by atoms with E-state index >= 15 is 0 Å². The zero-order chi connectivity index (χ0) is 14.9. The summed E-state index contributed by atoms with van der Waals surface area (Å²) in [4.78, 5) is 13.7. The maximum absolute atomic E-state index is 11.7. The summed E-state index contributed by atoms with van der Waals surface area (Å²) in [6.07, 6.45) is 5.76. The summed E-state index contributed by atoms with van der Waals surface area (Å²) in [5.74, 6) is 0.870. The third kappa shape index (κ3) is 3.25. The van der Waals surface area contributed by atoms with Gasteiger partial charge in [0.05, 0.1) is 5.92 Å². The molecule has 114 valence electrons. The minimum absolute atomic E-state index is 0.218. The van der Waals surface area contributed by atoms with Crippen molar-refractivity contribution in [2.24, 2.45) is 23.7 Å². The van der Waals surface area contributed by atoms with Gasteiger partial charge in [-0.05, 0) is 70.9 Å². The third-order valence-corrected chi connectivity index (χ3v) is 5.45. The lowest BCUT2D eigenvalue weighted by Gasteiger charge is -2.28. The first-order valence-electron chi connectivity index (χ1n) is 7.96. The lowest BCUT2D eigenvalue weighted by Crippen LogP contribution is -2.34. The number of carboxylic acid groups (broad SMARTS) is 1. The van der Waals surface area contributed by atoms with E-state index in [1.54, 1.807) is 11.1 Å². The number of hydrogen-bond donors (Lipinski definition) is 1. The van der Waals surface area contributed by atoms with E-state index in [-0.39, 0.29) is 5.92 Å². The lowest BCUT2D eigenvalue weighted by molar-refractivity contribution is -0.144. The van der Waals surface area contributed by atoms with Gasteiger partial charge in [0.15, 0.2) is 0 Å². The summed E-state index contributed by atoms with van der Waals surface area (Å²) in [5.41, 5.74) is 3.21. The Morgan fingerprint density at radius 3 is 2.65 bits per heavy atom. The number of hydrogen-bond acceptors (Lipinski definition) is 2. The highest BCUT2D eigenvalue weighted by Gasteiger charge is 2.38. The molecule has 1 saturated carbocycles. The summed E-state index contributed by atoms with van der Waals surface area (Å²) in [7, 11) is 3.94. The molecule has 20 heavy (non-hydrogen) atoms. The van der Waals surface area contributed by atoms with Crippen LogP contribution in [0.15, 0.2) is 11.1 Å². The average molecular weight is 279 g/mol. The summed E-state index contributed by atoms with van der Waals surface area (Å²) in [6.45, 7) is 5.27. The number of carboxylic acids is 1. The van der Waals surface area contributed by atoms with Gasteiger partial charge in [0.1, 0.15) is 0 Å². The maximum Gasteiger partial charge on any atom is 0.308 e. The predicted octanol–water partition coefficient (Wildman–Crippen LogP) is 3.41. The molecule has 3 heteroatoms. The van der Waals surface area contributed by atoms with E-state index in [0.29, 0.717) is 18.4 Å². The zero-order valence-electron chi connectivity index (χ0n) is 13.4. The monoisotopic (exact) mass is 279 g/mol. The Morgan fingerprint density at radius 2 is 2.05 bits per heavy atom. The molecule has 3 nitrogen and oxygen atoms in total. The largest absolute Gasteiger partial charge is 0.481 e. The fraction of sp³-hybridized carbons (Fsp3) is 0.824. The minimum atomic E-state index is -0.615. The van der Waals surface area contributed by atoms with Crippen molar-refractivity contribution in [3.63, 3.8) is 0 Å². The van der Waals surface area contributed by atoms with E-state index in [2.05, 4.69) is 13.8 Å². The number of aliphatic carboxylic acids is 1. The van der Waals surface area contributed by atoms with Crippen LogP contribution < -0.4 is 0 Å². The molecule has 0 aromatic heterocycles. The summed E-state index contributed by atoms with van der Waals surface area (Å²) in [6, 6.07) is 0. The fourth-order valence-electron chi connectivity index (χ4n) is 4.21. The normalized spacial score (nSPS) is 32.1.